The number of nitrogens with two attached hydrogens (primary N) is 1. The molecule has 0 aliphatic rings. The van der Waals surface area contributed by atoms with Crippen LogP contribution in [0.5, 0.6) is 0 Å². The van der Waals surface area contributed by atoms with E-state index in [9.17, 15) is 27.2 Å². The molecule has 0 aliphatic heterocycles. The zero-order chi connectivity index (χ0) is 21.6. The maximum atomic E-state index is 13.0. The first-order valence-corrected chi connectivity index (χ1v) is 8.80. The van der Waals surface area contributed by atoms with Crippen molar-refractivity contribution in [2.75, 3.05) is 6.54 Å². The molecule has 154 valence electrons. The van der Waals surface area contributed by atoms with Gasteiger partial charge in [-0.25, -0.2) is 4.39 Å². The molecule has 3 N–H and O–H groups in total. The van der Waals surface area contributed by atoms with Crippen molar-refractivity contribution in [3.63, 3.8) is 0 Å². The van der Waals surface area contributed by atoms with E-state index in [2.05, 4.69) is 5.32 Å². The average molecular weight is 429 g/mol. The van der Waals surface area contributed by atoms with Crippen LogP contribution in [0, 0.1) is 11.7 Å². The number of amides is 2. The molecule has 0 fully saturated rings. The number of halogens is 5. The molecule has 0 saturated carbocycles. The number of primary amides is 1. The monoisotopic (exact) mass is 428 g/mol. The van der Waals surface area contributed by atoms with E-state index in [0.717, 1.165) is 30.4 Å². The van der Waals surface area contributed by atoms with Gasteiger partial charge in [0.15, 0.2) is 0 Å². The van der Waals surface area contributed by atoms with Crippen LogP contribution in [0.4, 0.5) is 17.6 Å². The number of nitrogens with one attached hydrogen (secondary N) is 1. The van der Waals surface area contributed by atoms with Gasteiger partial charge in [-0.3, -0.25) is 9.59 Å². The molecule has 1 unspecified atom stereocenters. The van der Waals surface area contributed by atoms with Gasteiger partial charge in [-0.1, -0.05) is 23.7 Å². The van der Waals surface area contributed by atoms with Crippen LogP contribution < -0.4 is 11.1 Å². The SMILES string of the molecule is NC(=O)C(CNC(=O)/C=C/c1cc(C(F)(F)F)ccc1Cl)Cc1ccc(F)cc1. The zero-order valence-corrected chi connectivity index (χ0v) is 15.7. The lowest BCUT2D eigenvalue weighted by atomic mass is 9.98. The summed E-state index contributed by atoms with van der Waals surface area (Å²) in [6, 6.07) is 8.25. The topological polar surface area (TPSA) is 72.2 Å². The number of rotatable bonds is 7. The molecule has 1 atom stereocenters. The first-order chi connectivity index (χ1) is 13.6. The Kier molecular flexibility index (Phi) is 7.39. The number of benzene rings is 2. The van der Waals surface area contributed by atoms with Crippen molar-refractivity contribution in [1.82, 2.24) is 5.32 Å². The predicted molar refractivity (Wildman–Crippen MR) is 101 cm³/mol. The Morgan fingerprint density at radius 1 is 1.14 bits per heavy atom. The molecular formula is C20H17ClF4N2O2. The van der Waals surface area contributed by atoms with E-state index >= 15 is 0 Å². The predicted octanol–water partition coefficient (Wildman–Crippen LogP) is 3.97. The third-order valence-electron chi connectivity index (χ3n) is 4.06. The van der Waals surface area contributed by atoms with Gasteiger partial charge in [0.1, 0.15) is 5.82 Å². The standard InChI is InChI=1S/C20H17ClF4N2O2/c21-17-7-4-15(20(23,24)25)10-13(17)3-8-18(28)27-11-14(19(26)29)9-12-1-5-16(22)6-2-12/h1-8,10,14H,9,11H2,(H2,26,29)(H,27,28)/b8-3+. The molecule has 0 radical (unpaired) electrons. The Hall–Kier alpha value is -2.87. The maximum absolute atomic E-state index is 13.0. The van der Waals surface area contributed by atoms with E-state index in [1.54, 1.807) is 0 Å². The molecule has 2 rings (SSSR count). The highest BCUT2D eigenvalue weighted by Gasteiger charge is 2.30. The van der Waals surface area contributed by atoms with E-state index in [0.29, 0.717) is 5.56 Å². The smallest absolute Gasteiger partial charge is 0.369 e. The van der Waals surface area contributed by atoms with Crippen LogP contribution in [-0.2, 0) is 22.2 Å². The van der Waals surface area contributed by atoms with E-state index < -0.39 is 35.3 Å². The summed E-state index contributed by atoms with van der Waals surface area (Å²) in [5.41, 5.74) is 5.13. The summed E-state index contributed by atoms with van der Waals surface area (Å²) in [6.07, 6.45) is -2.19. The van der Waals surface area contributed by atoms with Gasteiger partial charge in [-0.2, -0.15) is 13.2 Å². The Morgan fingerprint density at radius 3 is 2.38 bits per heavy atom. The van der Waals surface area contributed by atoms with Gasteiger partial charge < -0.3 is 11.1 Å². The van der Waals surface area contributed by atoms with Crippen molar-refractivity contribution in [2.45, 2.75) is 12.6 Å². The largest absolute Gasteiger partial charge is 0.416 e. The fourth-order valence-corrected chi connectivity index (χ4v) is 2.65. The fourth-order valence-electron chi connectivity index (χ4n) is 2.47. The van der Waals surface area contributed by atoms with Crippen molar-refractivity contribution in [3.05, 3.63) is 76.1 Å². The minimum atomic E-state index is -4.54. The maximum Gasteiger partial charge on any atom is 0.416 e. The number of hydrogen-bond acceptors (Lipinski definition) is 2. The van der Waals surface area contributed by atoms with Crippen LogP contribution in [0.1, 0.15) is 16.7 Å². The van der Waals surface area contributed by atoms with Crippen LogP contribution in [0.15, 0.2) is 48.5 Å². The Balaban J connectivity index is 2.00. The van der Waals surface area contributed by atoms with Crippen molar-refractivity contribution in [1.29, 1.82) is 0 Å². The molecule has 0 spiro atoms. The van der Waals surface area contributed by atoms with Crippen LogP contribution >= 0.6 is 11.6 Å². The molecular weight excluding hydrogens is 412 g/mol. The van der Waals surface area contributed by atoms with E-state index in [1.807, 2.05) is 0 Å². The molecule has 0 heterocycles. The second kappa shape index (κ2) is 9.56. The fraction of sp³-hybridized carbons (Fsp3) is 0.200. The van der Waals surface area contributed by atoms with Gasteiger partial charge in [-0.05, 0) is 54.0 Å². The van der Waals surface area contributed by atoms with E-state index in [-0.39, 0.29) is 23.6 Å². The summed E-state index contributed by atoms with van der Waals surface area (Å²) in [7, 11) is 0. The van der Waals surface area contributed by atoms with E-state index in [1.165, 1.54) is 24.3 Å². The molecule has 0 bridgehead atoms. The lowest BCUT2D eigenvalue weighted by Gasteiger charge is -2.14. The first kappa shape index (κ1) is 22.4. The normalized spacial score (nSPS) is 12.7. The van der Waals surface area contributed by atoms with Crippen LogP contribution in [0.3, 0.4) is 0 Å². The molecule has 0 aromatic heterocycles. The summed E-state index contributed by atoms with van der Waals surface area (Å²) < 4.78 is 51.3. The van der Waals surface area contributed by atoms with Crippen molar-refractivity contribution < 1.29 is 27.2 Å². The second-order valence-corrected chi connectivity index (χ2v) is 6.65. The summed E-state index contributed by atoms with van der Waals surface area (Å²) in [5.74, 6) is -2.45. The van der Waals surface area contributed by atoms with Crippen molar-refractivity contribution in [3.8, 4) is 0 Å². The molecule has 29 heavy (non-hydrogen) atoms. The molecule has 0 aliphatic carbocycles. The summed E-state index contributed by atoms with van der Waals surface area (Å²) in [5, 5.41) is 2.51. The van der Waals surface area contributed by atoms with Gasteiger partial charge in [0.25, 0.3) is 0 Å². The van der Waals surface area contributed by atoms with Gasteiger partial charge in [0, 0.05) is 17.6 Å². The third kappa shape index (κ3) is 6.90. The number of carbonyl (C=O) groups is 2. The van der Waals surface area contributed by atoms with Crippen LogP contribution in [-0.4, -0.2) is 18.4 Å². The van der Waals surface area contributed by atoms with Gasteiger partial charge in [0.2, 0.25) is 11.8 Å². The molecule has 2 aromatic rings. The lowest BCUT2D eigenvalue weighted by Crippen LogP contribution is -2.36. The minimum Gasteiger partial charge on any atom is -0.369 e. The number of hydrogen-bond donors (Lipinski definition) is 2. The number of carbonyl (C=O) groups excluding carboxylic acids is 2. The molecule has 2 aromatic carbocycles. The Labute approximate surface area is 169 Å². The summed E-state index contributed by atoms with van der Waals surface area (Å²) in [6.45, 7) is -0.0911. The Morgan fingerprint density at radius 2 is 1.79 bits per heavy atom. The quantitative estimate of drug-likeness (QED) is 0.517. The first-order valence-electron chi connectivity index (χ1n) is 8.42. The second-order valence-electron chi connectivity index (χ2n) is 6.24. The third-order valence-corrected chi connectivity index (χ3v) is 4.40. The van der Waals surface area contributed by atoms with Gasteiger partial charge in [0.05, 0.1) is 11.5 Å². The van der Waals surface area contributed by atoms with Crippen LogP contribution in [0.25, 0.3) is 6.08 Å². The lowest BCUT2D eigenvalue weighted by molar-refractivity contribution is -0.137. The Bertz CT molecular complexity index is 912. The highest BCUT2D eigenvalue weighted by atomic mass is 35.5. The molecule has 0 saturated heterocycles. The summed E-state index contributed by atoms with van der Waals surface area (Å²) in [4.78, 5) is 23.6. The van der Waals surface area contributed by atoms with Gasteiger partial charge in [-0.15, -0.1) is 0 Å². The molecule has 4 nitrogen and oxygen atoms in total. The molecule has 2 amide bonds. The van der Waals surface area contributed by atoms with Gasteiger partial charge >= 0.3 is 6.18 Å². The van der Waals surface area contributed by atoms with Crippen molar-refractivity contribution >= 4 is 29.5 Å². The number of alkyl halides is 3. The molecule has 9 heteroatoms. The van der Waals surface area contributed by atoms with Crippen LogP contribution in [0.2, 0.25) is 5.02 Å². The minimum absolute atomic E-state index is 0.0226. The highest BCUT2D eigenvalue weighted by Crippen LogP contribution is 2.32. The highest BCUT2D eigenvalue weighted by molar-refractivity contribution is 6.32. The van der Waals surface area contributed by atoms with Crippen molar-refractivity contribution in [2.24, 2.45) is 11.7 Å². The zero-order valence-electron chi connectivity index (χ0n) is 15.0. The van der Waals surface area contributed by atoms with E-state index in [4.69, 9.17) is 17.3 Å². The summed E-state index contributed by atoms with van der Waals surface area (Å²) >= 11 is 5.86. The average Bonchev–Trinajstić information content (AvgIpc) is 2.64.